The number of aromatic nitrogens is 2. The minimum atomic E-state index is 0.159. The van der Waals surface area contributed by atoms with Crippen LogP contribution in [0.2, 0.25) is 0 Å². The summed E-state index contributed by atoms with van der Waals surface area (Å²) in [5.41, 5.74) is 0.868. The zero-order valence-corrected chi connectivity index (χ0v) is 17.5. The number of carbonyl (C=O) groups is 1. The van der Waals surface area contributed by atoms with Crippen LogP contribution in [0.1, 0.15) is 46.1 Å². The first kappa shape index (κ1) is 18.8. The molecule has 0 atom stereocenters. The maximum absolute atomic E-state index is 12.8. The second-order valence-corrected chi connectivity index (χ2v) is 9.38. The van der Waals surface area contributed by atoms with Gasteiger partial charge in [-0.3, -0.25) is 9.69 Å². The molecular weight excluding hydrogens is 380 g/mol. The number of likely N-dealkylation sites (tertiary alicyclic amines) is 2. The number of aryl methyl sites for hydroxylation is 2. The molecule has 2 aromatic rings. The Balaban J connectivity index is 1.25. The highest BCUT2D eigenvalue weighted by molar-refractivity contribution is 7.13. The van der Waals surface area contributed by atoms with Gasteiger partial charge in [-0.2, -0.15) is 0 Å². The van der Waals surface area contributed by atoms with Crippen LogP contribution in [0.15, 0.2) is 11.6 Å². The van der Waals surface area contributed by atoms with E-state index in [1.807, 2.05) is 24.1 Å². The molecule has 1 amide bonds. The molecule has 4 rings (SSSR count). The van der Waals surface area contributed by atoms with E-state index in [9.17, 15) is 4.79 Å². The van der Waals surface area contributed by atoms with Crippen LogP contribution in [0.5, 0.6) is 5.19 Å². The number of carbonyl (C=O) groups excluding carboxylic acids is 1. The zero-order chi connectivity index (χ0) is 18.8. The summed E-state index contributed by atoms with van der Waals surface area (Å²) < 4.78 is 5.96. The van der Waals surface area contributed by atoms with Crippen LogP contribution >= 0.6 is 22.7 Å². The number of nitrogens with zero attached hydrogens (tertiary/aromatic N) is 4. The monoisotopic (exact) mass is 406 g/mol. The van der Waals surface area contributed by atoms with Crippen LogP contribution < -0.4 is 4.74 Å². The lowest BCUT2D eigenvalue weighted by atomic mass is 9.98. The number of ether oxygens (including phenoxy) is 1. The summed E-state index contributed by atoms with van der Waals surface area (Å²) in [7, 11) is 0. The molecule has 8 heteroatoms. The van der Waals surface area contributed by atoms with E-state index in [1.54, 1.807) is 17.5 Å². The van der Waals surface area contributed by atoms with Gasteiger partial charge in [0.2, 0.25) is 0 Å². The Bertz CT molecular complexity index is 761. The number of hydrogen-bond acceptors (Lipinski definition) is 7. The molecule has 146 valence electrons. The summed E-state index contributed by atoms with van der Waals surface area (Å²) in [6.45, 7) is 7.72. The van der Waals surface area contributed by atoms with Crippen molar-refractivity contribution >= 4 is 28.6 Å². The summed E-state index contributed by atoms with van der Waals surface area (Å²) in [5.74, 6) is 0.159. The third kappa shape index (κ3) is 4.33. The van der Waals surface area contributed by atoms with Crippen molar-refractivity contribution in [2.24, 2.45) is 0 Å². The number of rotatable bonds is 4. The van der Waals surface area contributed by atoms with Gasteiger partial charge in [-0.25, -0.2) is 9.97 Å². The molecule has 2 fully saturated rings. The van der Waals surface area contributed by atoms with E-state index in [1.165, 1.54) is 11.3 Å². The summed E-state index contributed by atoms with van der Waals surface area (Å²) >= 11 is 3.08. The molecule has 27 heavy (non-hydrogen) atoms. The second-order valence-electron chi connectivity index (χ2n) is 7.32. The lowest BCUT2D eigenvalue weighted by Crippen LogP contribution is -2.50. The van der Waals surface area contributed by atoms with Gasteiger partial charge in [-0.15, -0.1) is 11.3 Å². The van der Waals surface area contributed by atoms with Crippen LogP contribution in [-0.2, 0) is 0 Å². The molecule has 0 bridgehead atoms. The Hall–Kier alpha value is -1.51. The summed E-state index contributed by atoms with van der Waals surface area (Å²) in [6, 6.07) is 0.583. The van der Waals surface area contributed by atoms with Crippen molar-refractivity contribution in [3.63, 3.8) is 0 Å². The highest BCUT2D eigenvalue weighted by atomic mass is 32.1. The third-order valence-corrected chi connectivity index (χ3v) is 7.24. The minimum absolute atomic E-state index is 0.159. The van der Waals surface area contributed by atoms with Gasteiger partial charge < -0.3 is 9.64 Å². The Kier molecular flexibility index (Phi) is 5.75. The molecular formula is C19H26N4O2S2. The van der Waals surface area contributed by atoms with Crippen molar-refractivity contribution < 1.29 is 9.53 Å². The van der Waals surface area contributed by atoms with Gasteiger partial charge in [0.15, 0.2) is 0 Å². The molecule has 0 aliphatic carbocycles. The Morgan fingerprint density at radius 2 is 1.89 bits per heavy atom. The molecule has 0 N–H and O–H groups in total. The van der Waals surface area contributed by atoms with Crippen LogP contribution in [0.25, 0.3) is 0 Å². The van der Waals surface area contributed by atoms with Gasteiger partial charge in [0.05, 0.1) is 10.7 Å². The van der Waals surface area contributed by atoms with E-state index in [4.69, 9.17) is 4.74 Å². The molecule has 2 aliphatic heterocycles. The standard InChI is InChI=1S/C19H26N4O2S2/c1-13-17(27-14(2)21-13)18(24)23-8-3-15(4-9-23)22-10-5-16(6-11-22)25-19-20-7-12-26-19/h7,12,15-16H,3-6,8-11H2,1-2H3. The van der Waals surface area contributed by atoms with Crippen molar-refractivity contribution in [3.05, 3.63) is 27.2 Å². The number of piperidine rings is 2. The SMILES string of the molecule is Cc1nc(C)c(C(=O)N2CCC(N3CCC(Oc4nccs4)CC3)CC2)s1. The fourth-order valence-corrected chi connectivity index (χ4v) is 5.52. The van der Waals surface area contributed by atoms with E-state index in [2.05, 4.69) is 14.9 Å². The van der Waals surface area contributed by atoms with Gasteiger partial charge in [0, 0.05) is 43.8 Å². The topological polar surface area (TPSA) is 58.6 Å². The lowest BCUT2D eigenvalue weighted by molar-refractivity contribution is 0.0427. The molecule has 0 radical (unpaired) electrons. The average molecular weight is 407 g/mol. The fourth-order valence-electron chi connectivity index (χ4n) is 4.08. The molecule has 2 saturated heterocycles. The summed E-state index contributed by atoms with van der Waals surface area (Å²) in [4.78, 5) is 26.8. The van der Waals surface area contributed by atoms with E-state index < -0.39 is 0 Å². The maximum Gasteiger partial charge on any atom is 0.273 e. The van der Waals surface area contributed by atoms with E-state index >= 15 is 0 Å². The van der Waals surface area contributed by atoms with Gasteiger partial charge in [-0.1, -0.05) is 11.3 Å². The first-order valence-corrected chi connectivity index (χ1v) is 11.3. The van der Waals surface area contributed by atoms with E-state index in [0.29, 0.717) is 6.04 Å². The largest absolute Gasteiger partial charge is 0.467 e. The molecule has 4 heterocycles. The second kappa shape index (κ2) is 8.24. The molecule has 0 saturated carbocycles. The van der Waals surface area contributed by atoms with Crippen LogP contribution in [0.3, 0.4) is 0 Å². The molecule has 2 aliphatic rings. The summed E-state index contributed by atoms with van der Waals surface area (Å²) in [5, 5.41) is 3.71. The Morgan fingerprint density at radius 3 is 2.48 bits per heavy atom. The zero-order valence-electron chi connectivity index (χ0n) is 15.9. The van der Waals surface area contributed by atoms with Gasteiger partial charge in [0.25, 0.3) is 11.1 Å². The number of amides is 1. The number of hydrogen-bond donors (Lipinski definition) is 0. The molecule has 2 aromatic heterocycles. The van der Waals surface area contributed by atoms with Crippen molar-refractivity contribution in [1.29, 1.82) is 0 Å². The molecule has 6 nitrogen and oxygen atoms in total. The predicted octanol–water partition coefficient (Wildman–Crippen LogP) is 3.36. The van der Waals surface area contributed by atoms with Gasteiger partial charge >= 0.3 is 0 Å². The minimum Gasteiger partial charge on any atom is -0.467 e. The van der Waals surface area contributed by atoms with Crippen molar-refractivity contribution in [2.75, 3.05) is 26.2 Å². The predicted molar refractivity (Wildman–Crippen MR) is 108 cm³/mol. The van der Waals surface area contributed by atoms with Crippen molar-refractivity contribution in [2.45, 2.75) is 51.7 Å². The van der Waals surface area contributed by atoms with E-state index in [-0.39, 0.29) is 12.0 Å². The normalized spacial score (nSPS) is 20.1. The highest BCUT2D eigenvalue weighted by Gasteiger charge is 2.31. The third-order valence-electron chi connectivity index (χ3n) is 5.52. The van der Waals surface area contributed by atoms with Crippen LogP contribution in [0.4, 0.5) is 0 Å². The van der Waals surface area contributed by atoms with Crippen molar-refractivity contribution in [1.82, 2.24) is 19.8 Å². The average Bonchev–Trinajstić information content (AvgIpc) is 3.31. The van der Waals surface area contributed by atoms with Crippen LogP contribution in [-0.4, -0.2) is 64.0 Å². The fraction of sp³-hybridized carbons (Fsp3) is 0.632. The highest BCUT2D eigenvalue weighted by Crippen LogP contribution is 2.26. The molecule has 0 aromatic carbocycles. The van der Waals surface area contributed by atoms with Gasteiger partial charge in [0.1, 0.15) is 11.0 Å². The summed E-state index contributed by atoms with van der Waals surface area (Å²) in [6.07, 6.45) is 6.29. The maximum atomic E-state index is 12.8. The molecule has 0 spiro atoms. The Labute approximate surface area is 168 Å². The van der Waals surface area contributed by atoms with E-state index in [0.717, 1.165) is 72.6 Å². The number of thiazole rings is 2. The lowest BCUT2D eigenvalue weighted by Gasteiger charge is -2.41. The van der Waals surface area contributed by atoms with Gasteiger partial charge in [-0.05, 0) is 39.5 Å². The van der Waals surface area contributed by atoms with Crippen molar-refractivity contribution in [3.8, 4) is 5.19 Å². The first-order valence-electron chi connectivity index (χ1n) is 9.63. The Morgan fingerprint density at radius 1 is 1.15 bits per heavy atom. The first-order chi connectivity index (χ1) is 13.1. The quantitative estimate of drug-likeness (QED) is 0.779. The molecule has 0 unspecified atom stereocenters. The smallest absolute Gasteiger partial charge is 0.273 e. The van der Waals surface area contributed by atoms with Crippen LogP contribution in [0, 0.1) is 13.8 Å².